The molecule has 2 aromatic rings. The highest BCUT2D eigenvalue weighted by atomic mass is 16.1. The fraction of sp³-hybridized carbons (Fsp3) is 0.0667. The molecule has 0 unspecified atom stereocenters. The number of para-hydroxylation sites is 1. The molecule has 0 aliphatic heterocycles. The molecule has 0 aliphatic carbocycles. The monoisotopic (exact) mass is 268 g/mol. The van der Waals surface area contributed by atoms with Crippen LogP contribution in [0.4, 0.5) is 11.4 Å². The van der Waals surface area contributed by atoms with Gasteiger partial charge in [0.2, 0.25) is 6.41 Å². The smallest absolute Gasteiger partial charge is 0.211 e. The van der Waals surface area contributed by atoms with E-state index in [2.05, 4.69) is 10.3 Å². The predicted molar refractivity (Wildman–Crippen MR) is 81.8 cm³/mol. The van der Waals surface area contributed by atoms with E-state index in [1.807, 2.05) is 49.4 Å². The highest BCUT2D eigenvalue weighted by molar-refractivity contribution is 5.88. The van der Waals surface area contributed by atoms with E-state index in [1.54, 1.807) is 0 Å². The summed E-state index contributed by atoms with van der Waals surface area (Å²) in [6.45, 7) is 1.94. The Balaban J connectivity index is 2.54. The van der Waals surface area contributed by atoms with Gasteiger partial charge in [0, 0.05) is 5.56 Å². The molecular weight excluding hydrogens is 252 g/mol. The molecule has 102 valence electrons. The predicted octanol–water partition coefficient (Wildman–Crippen LogP) is 2.14. The van der Waals surface area contributed by atoms with Crippen molar-refractivity contribution in [1.29, 1.82) is 0 Å². The number of amides is 1. The number of carbonyl (C=O) groups is 1. The lowest BCUT2D eigenvalue weighted by molar-refractivity contribution is -0.105. The largest absolute Gasteiger partial charge is 0.370 e. The van der Waals surface area contributed by atoms with Crippen LogP contribution in [0.1, 0.15) is 5.56 Å². The number of hydrogen-bond donors (Lipinski definition) is 3. The number of hydrogen-bond acceptors (Lipinski definition) is 2. The number of aryl methyl sites for hydroxylation is 1. The lowest BCUT2D eigenvalue weighted by atomic mass is 10.00. The Hall–Kier alpha value is -2.82. The highest BCUT2D eigenvalue weighted by Crippen LogP contribution is 2.32. The Morgan fingerprint density at radius 1 is 1.20 bits per heavy atom. The highest BCUT2D eigenvalue weighted by Gasteiger charge is 2.07. The van der Waals surface area contributed by atoms with Crippen LogP contribution in [0.5, 0.6) is 0 Å². The zero-order valence-corrected chi connectivity index (χ0v) is 11.1. The Morgan fingerprint density at radius 2 is 1.95 bits per heavy atom. The molecule has 0 radical (unpaired) electrons. The van der Waals surface area contributed by atoms with Crippen LogP contribution in [0, 0.1) is 6.92 Å². The van der Waals surface area contributed by atoms with Gasteiger partial charge in [-0.05, 0) is 30.2 Å². The van der Waals surface area contributed by atoms with Crippen molar-refractivity contribution in [1.82, 2.24) is 0 Å². The molecule has 0 fully saturated rings. The third-order valence-corrected chi connectivity index (χ3v) is 2.89. The summed E-state index contributed by atoms with van der Waals surface area (Å²) in [6.07, 6.45) is 0.672. The molecule has 5 N–H and O–H groups in total. The number of aliphatic imine (C=N–C) groups is 1. The fourth-order valence-corrected chi connectivity index (χ4v) is 2.05. The fourth-order valence-electron chi connectivity index (χ4n) is 2.05. The Kier molecular flexibility index (Phi) is 4.00. The summed E-state index contributed by atoms with van der Waals surface area (Å²) >= 11 is 0. The van der Waals surface area contributed by atoms with Gasteiger partial charge in [-0.2, -0.15) is 0 Å². The molecule has 0 aromatic heterocycles. The van der Waals surface area contributed by atoms with E-state index >= 15 is 0 Å². The third-order valence-electron chi connectivity index (χ3n) is 2.89. The zero-order chi connectivity index (χ0) is 14.5. The van der Waals surface area contributed by atoms with Crippen LogP contribution in [-0.4, -0.2) is 12.4 Å². The van der Waals surface area contributed by atoms with Gasteiger partial charge in [0.1, 0.15) is 0 Å². The molecule has 0 bridgehead atoms. The average molecular weight is 268 g/mol. The van der Waals surface area contributed by atoms with E-state index in [0.717, 1.165) is 22.4 Å². The maximum absolute atomic E-state index is 10.8. The number of anilines is 1. The molecule has 0 heterocycles. The SMILES string of the molecule is Cc1cccc(-c2cccc(N=C(N)N)c2)c1NC=O. The van der Waals surface area contributed by atoms with Crippen molar-refractivity contribution >= 4 is 23.7 Å². The van der Waals surface area contributed by atoms with Crippen LogP contribution < -0.4 is 16.8 Å². The summed E-state index contributed by atoms with van der Waals surface area (Å²) in [5, 5.41) is 2.74. The molecule has 5 nitrogen and oxygen atoms in total. The Bertz CT molecular complexity index is 661. The standard InChI is InChI=1S/C15H16N4O/c1-10-4-2-7-13(14(10)18-9-20)11-5-3-6-12(8-11)19-15(16)17/h2-9H,1H3,(H,18,20)(H4,16,17,19). The van der Waals surface area contributed by atoms with Gasteiger partial charge in [0.05, 0.1) is 11.4 Å². The number of guanidine groups is 1. The van der Waals surface area contributed by atoms with E-state index in [-0.39, 0.29) is 5.96 Å². The molecule has 0 saturated heterocycles. The van der Waals surface area contributed by atoms with Crippen molar-refractivity contribution < 1.29 is 4.79 Å². The summed E-state index contributed by atoms with van der Waals surface area (Å²) in [5.41, 5.74) is 15.1. The number of nitrogens with one attached hydrogen (secondary N) is 1. The van der Waals surface area contributed by atoms with Gasteiger partial charge in [-0.3, -0.25) is 4.79 Å². The third kappa shape index (κ3) is 2.95. The van der Waals surface area contributed by atoms with Crippen molar-refractivity contribution in [3.8, 4) is 11.1 Å². The number of carbonyl (C=O) groups excluding carboxylic acids is 1. The summed E-state index contributed by atoms with van der Waals surface area (Å²) in [6, 6.07) is 13.3. The minimum atomic E-state index is 0.0117. The first-order valence-corrected chi connectivity index (χ1v) is 6.11. The topological polar surface area (TPSA) is 93.5 Å². The van der Waals surface area contributed by atoms with Gasteiger partial charge in [-0.1, -0.05) is 30.3 Å². The van der Waals surface area contributed by atoms with Crippen LogP contribution in [0.25, 0.3) is 11.1 Å². The first-order valence-electron chi connectivity index (χ1n) is 6.11. The first-order chi connectivity index (χ1) is 9.61. The summed E-state index contributed by atoms with van der Waals surface area (Å²) in [4.78, 5) is 14.8. The normalized spacial score (nSPS) is 9.85. The Morgan fingerprint density at radius 3 is 2.65 bits per heavy atom. The van der Waals surface area contributed by atoms with E-state index in [0.29, 0.717) is 12.1 Å². The minimum absolute atomic E-state index is 0.0117. The van der Waals surface area contributed by atoms with Crippen molar-refractivity contribution in [2.75, 3.05) is 5.32 Å². The van der Waals surface area contributed by atoms with Crippen LogP contribution in [-0.2, 0) is 4.79 Å². The van der Waals surface area contributed by atoms with Crippen molar-refractivity contribution in [3.05, 3.63) is 48.0 Å². The quantitative estimate of drug-likeness (QED) is 0.450. The second kappa shape index (κ2) is 5.88. The van der Waals surface area contributed by atoms with Gasteiger partial charge < -0.3 is 16.8 Å². The van der Waals surface area contributed by atoms with Gasteiger partial charge in [-0.15, -0.1) is 0 Å². The van der Waals surface area contributed by atoms with Crippen LogP contribution in [0.3, 0.4) is 0 Å². The second-order valence-corrected chi connectivity index (χ2v) is 4.35. The molecular formula is C15H16N4O. The van der Waals surface area contributed by atoms with Crippen molar-refractivity contribution in [2.45, 2.75) is 6.92 Å². The average Bonchev–Trinajstić information content (AvgIpc) is 2.41. The minimum Gasteiger partial charge on any atom is -0.370 e. The molecule has 0 saturated carbocycles. The molecule has 0 atom stereocenters. The molecule has 1 amide bonds. The van der Waals surface area contributed by atoms with Gasteiger partial charge >= 0.3 is 0 Å². The van der Waals surface area contributed by atoms with Gasteiger partial charge in [0.15, 0.2) is 5.96 Å². The number of rotatable bonds is 4. The molecule has 0 spiro atoms. The van der Waals surface area contributed by atoms with Gasteiger partial charge in [-0.25, -0.2) is 4.99 Å². The Labute approximate surface area is 117 Å². The molecule has 20 heavy (non-hydrogen) atoms. The zero-order valence-electron chi connectivity index (χ0n) is 11.1. The van der Waals surface area contributed by atoms with E-state index in [4.69, 9.17) is 11.5 Å². The lowest BCUT2D eigenvalue weighted by Crippen LogP contribution is -2.21. The summed E-state index contributed by atoms with van der Waals surface area (Å²) in [7, 11) is 0. The second-order valence-electron chi connectivity index (χ2n) is 4.35. The number of benzene rings is 2. The summed E-state index contributed by atoms with van der Waals surface area (Å²) in [5.74, 6) is 0.0117. The molecule has 2 rings (SSSR count). The maximum atomic E-state index is 10.8. The first kappa shape index (κ1) is 13.6. The molecule has 5 heteroatoms. The van der Waals surface area contributed by atoms with Crippen molar-refractivity contribution in [2.24, 2.45) is 16.5 Å². The maximum Gasteiger partial charge on any atom is 0.211 e. The van der Waals surface area contributed by atoms with Crippen LogP contribution in [0.2, 0.25) is 0 Å². The number of nitrogens with zero attached hydrogens (tertiary/aromatic N) is 1. The van der Waals surface area contributed by atoms with E-state index < -0.39 is 0 Å². The van der Waals surface area contributed by atoms with Crippen LogP contribution in [0.15, 0.2) is 47.5 Å². The molecule has 0 aliphatic rings. The van der Waals surface area contributed by atoms with E-state index in [9.17, 15) is 4.79 Å². The number of nitrogens with two attached hydrogens (primary N) is 2. The van der Waals surface area contributed by atoms with Crippen molar-refractivity contribution in [3.63, 3.8) is 0 Å². The molecule has 2 aromatic carbocycles. The summed E-state index contributed by atoms with van der Waals surface area (Å²) < 4.78 is 0. The van der Waals surface area contributed by atoms with E-state index in [1.165, 1.54) is 0 Å². The van der Waals surface area contributed by atoms with Crippen LogP contribution >= 0.6 is 0 Å². The lowest BCUT2D eigenvalue weighted by Gasteiger charge is -2.12. The van der Waals surface area contributed by atoms with Gasteiger partial charge in [0.25, 0.3) is 0 Å².